The van der Waals surface area contributed by atoms with Crippen molar-refractivity contribution in [1.29, 1.82) is 5.26 Å². The van der Waals surface area contributed by atoms with Gasteiger partial charge in [-0.15, -0.1) is 0 Å². The average molecular weight is 568 g/mol. The standard InChI is InChI=1S/C28H30ClN5O6/c1-27(2,3)39-25(36)33(26(37)40-28(4,5)6)24-20-13-17(7-8-18(20)11-12-31-24)16-32-23(35)14-21-19(15-30)9-10-22(29)34(21)38/h7-13H,14,16H2,1-6H3,(H,32,35). The van der Waals surface area contributed by atoms with Gasteiger partial charge in [0.2, 0.25) is 11.6 Å². The van der Waals surface area contributed by atoms with Gasteiger partial charge in [-0.3, -0.25) is 4.79 Å². The van der Waals surface area contributed by atoms with E-state index in [1.165, 1.54) is 18.3 Å². The zero-order valence-electron chi connectivity index (χ0n) is 23.1. The van der Waals surface area contributed by atoms with Crippen molar-refractivity contribution in [3.63, 3.8) is 0 Å². The molecule has 0 radical (unpaired) electrons. The van der Waals surface area contributed by atoms with Gasteiger partial charge in [-0.25, -0.2) is 14.6 Å². The Labute approximate surface area is 236 Å². The van der Waals surface area contributed by atoms with Crippen LogP contribution in [0.1, 0.15) is 58.4 Å². The molecule has 40 heavy (non-hydrogen) atoms. The molecule has 0 bridgehead atoms. The highest BCUT2D eigenvalue weighted by atomic mass is 35.5. The minimum atomic E-state index is -0.957. The van der Waals surface area contributed by atoms with Gasteiger partial charge in [0.15, 0.2) is 5.82 Å². The average Bonchev–Trinajstić information content (AvgIpc) is 2.84. The molecule has 0 aliphatic rings. The van der Waals surface area contributed by atoms with Crippen molar-refractivity contribution in [1.82, 2.24) is 10.3 Å². The van der Waals surface area contributed by atoms with Gasteiger partial charge in [-0.1, -0.05) is 12.1 Å². The van der Waals surface area contributed by atoms with Crippen LogP contribution in [0.5, 0.6) is 0 Å². The van der Waals surface area contributed by atoms with E-state index in [0.717, 1.165) is 4.90 Å². The number of imide groups is 1. The molecule has 210 valence electrons. The number of aromatic nitrogens is 2. The molecule has 3 amide bonds. The van der Waals surface area contributed by atoms with Gasteiger partial charge in [-0.05, 0) is 82.3 Å². The van der Waals surface area contributed by atoms with Gasteiger partial charge < -0.3 is 20.0 Å². The number of ether oxygens (including phenoxy) is 2. The molecule has 1 N–H and O–H groups in total. The fraction of sp³-hybridized carbons (Fsp3) is 0.357. The van der Waals surface area contributed by atoms with E-state index in [1.54, 1.807) is 65.8 Å². The first-order chi connectivity index (χ1) is 18.6. The van der Waals surface area contributed by atoms with E-state index in [1.807, 2.05) is 6.07 Å². The Bertz CT molecular complexity index is 1480. The monoisotopic (exact) mass is 567 g/mol. The quantitative estimate of drug-likeness (QED) is 0.259. The maximum absolute atomic E-state index is 13.2. The number of hydrogen-bond acceptors (Lipinski definition) is 8. The molecule has 0 saturated carbocycles. The second-order valence-electron chi connectivity index (χ2n) is 10.9. The first-order valence-corrected chi connectivity index (χ1v) is 12.7. The molecule has 0 atom stereocenters. The fourth-order valence-corrected chi connectivity index (χ4v) is 3.75. The first kappa shape index (κ1) is 30.1. The van der Waals surface area contributed by atoms with Gasteiger partial charge in [0.25, 0.3) is 5.15 Å². The molecule has 0 aliphatic heterocycles. The van der Waals surface area contributed by atoms with E-state index < -0.39 is 29.3 Å². The maximum Gasteiger partial charge on any atom is 0.425 e. The van der Waals surface area contributed by atoms with Crippen molar-refractivity contribution in [2.75, 3.05) is 4.90 Å². The number of anilines is 1. The number of fused-ring (bicyclic) bond motifs is 1. The number of nitrogens with zero attached hydrogens (tertiary/aromatic N) is 4. The van der Waals surface area contributed by atoms with Crippen molar-refractivity contribution in [2.45, 2.75) is 65.7 Å². The van der Waals surface area contributed by atoms with E-state index >= 15 is 0 Å². The van der Waals surface area contributed by atoms with Crippen molar-refractivity contribution < 1.29 is 28.6 Å². The van der Waals surface area contributed by atoms with Crippen LogP contribution in [0.2, 0.25) is 5.15 Å². The Morgan fingerprint density at radius 2 is 1.68 bits per heavy atom. The van der Waals surface area contributed by atoms with Crippen LogP contribution in [0.4, 0.5) is 15.4 Å². The lowest BCUT2D eigenvalue weighted by Gasteiger charge is -2.28. The van der Waals surface area contributed by atoms with Crippen LogP contribution >= 0.6 is 11.6 Å². The predicted molar refractivity (Wildman–Crippen MR) is 147 cm³/mol. The summed E-state index contributed by atoms with van der Waals surface area (Å²) < 4.78 is 11.3. The smallest absolute Gasteiger partial charge is 0.425 e. The van der Waals surface area contributed by atoms with Crippen molar-refractivity contribution >= 4 is 46.3 Å². The molecule has 3 aromatic rings. The number of pyridine rings is 2. The second kappa shape index (κ2) is 11.8. The molecule has 0 fully saturated rings. The summed E-state index contributed by atoms with van der Waals surface area (Å²) in [6.45, 7) is 10.1. The molecule has 12 heteroatoms. The third-order valence-electron chi connectivity index (χ3n) is 5.25. The van der Waals surface area contributed by atoms with Crippen molar-refractivity contribution in [3.8, 4) is 6.07 Å². The third-order valence-corrected chi connectivity index (χ3v) is 5.53. The maximum atomic E-state index is 13.2. The number of carbonyl (C=O) groups excluding carboxylic acids is 3. The molecule has 0 saturated heterocycles. The Morgan fingerprint density at radius 3 is 2.25 bits per heavy atom. The van der Waals surface area contributed by atoms with E-state index in [-0.39, 0.29) is 35.2 Å². The largest absolute Gasteiger partial charge is 0.617 e. The van der Waals surface area contributed by atoms with E-state index in [4.69, 9.17) is 21.1 Å². The highest BCUT2D eigenvalue weighted by Gasteiger charge is 2.34. The van der Waals surface area contributed by atoms with Crippen LogP contribution in [0, 0.1) is 16.5 Å². The lowest BCUT2D eigenvalue weighted by Crippen LogP contribution is -2.44. The number of carbonyl (C=O) groups is 3. The zero-order valence-corrected chi connectivity index (χ0v) is 23.8. The number of rotatable bonds is 5. The highest BCUT2D eigenvalue weighted by molar-refractivity contribution is 6.28. The van der Waals surface area contributed by atoms with Crippen LogP contribution in [0.15, 0.2) is 42.6 Å². The summed E-state index contributed by atoms with van der Waals surface area (Å²) >= 11 is 5.84. The molecular weight excluding hydrogens is 538 g/mol. The molecule has 0 unspecified atom stereocenters. The van der Waals surface area contributed by atoms with Crippen LogP contribution in [0.25, 0.3) is 10.8 Å². The van der Waals surface area contributed by atoms with Crippen LogP contribution in [-0.4, -0.2) is 34.3 Å². The summed E-state index contributed by atoms with van der Waals surface area (Å²) in [7, 11) is 0. The van der Waals surface area contributed by atoms with Crippen LogP contribution < -0.4 is 14.9 Å². The molecule has 2 heterocycles. The lowest BCUT2D eigenvalue weighted by molar-refractivity contribution is -0.611. The highest BCUT2D eigenvalue weighted by Crippen LogP contribution is 2.28. The molecule has 1 aromatic carbocycles. The fourth-order valence-electron chi connectivity index (χ4n) is 3.59. The lowest BCUT2D eigenvalue weighted by atomic mass is 10.1. The third kappa shape index (κ3) is 7.57. The Morgan fingerprint density at radius 1 is 1.05 bits per heavy atom. The summed E-state index contributed by atoms with van der Waals surface area (Å²) in [6, 6.07) is 11.4. The number of hydrogen-bond donors (Lipinski definition) is 1. The molecule has 3 rings (SSSR count). The predicted octanol–water partition coefficient (Wildman–Crippen LogP) is 4.93. The van der Waals surface area contributed by atoms with Gasteiger partial charge >= 0.3 is 12.2 Å². The van der Waals surface area contributed by atoms with Gasteiger partial charge in [0, 0.05) is 24.2 Å². The Balaban J connectivity index is 1.92. The minimum Gasteiger partial charge on any atom is -0.617 e. The molecule has 0 spiro atoms. The number of benzene rings is 1. The summed E-state index contributed by atoms with van der Waals surface area (Å²) in [5.74, 6) is -0.516. The normalized spacial score (nSPS) is 11.4. The van der Waals surface area contributed by atoms with Crippen molar-refractivity contribution in [2.24, 2.45) is 0 Å². The van der Waals surface area contributed by atoms with E-state index in [9.17, 15) is 24.9 Å². The van der Waals surface area contributed by atoms with Crippen LogP contribution in [0.3, 0.4) is 0 Å². The Kier molecular flexibility index (Phi) is 8.85. The topological polar surface area (TPSA) is 149 Å². The second-order valence-corrected chi connectivity index (χ2v) is 11.2. The van der Waals surface area contributed by atoms with Crippen LogP contribution in [-0.2, 0) is 27.2 Å². The van der Waals surface area contributed by atoms with Gasteiger partial charge in [-0.2, -0.15) is 14.9 Å². The molecule has 2 aromatic heterocycles. The van der Waals surface area contributed by atoms with E-state index in [2.05, 4.69) is 10.3 Å². The number of nitriles is 1. The molecule has 11 nitrogen and oxygen atoms in total. The molecular formula is C28H30ClN5O6. The van der Waals surface area contributed by atoms with Gasteiger partial charge in [0.1, 0.15) is 29.3 Å². The Hall–Kier alpha value is -4.43. The minimum absolute atomic E-state index is 0.000775. The zero-order chi connectivity index (χ0) is 29.8. The number of amides is 3. The van der Waals surface area contributed by atoms with E-state index in [0.29, 0.717) is 21.1 Å². The first-order valence-electron chi connectivity index (χ1n) is 12.3. The van der Waals surface area contributed by atoms with Crippen molar-refractivity contribution in [3.05, 3.63) is 69.8 Å². The summed E-state index contributed by atoms with van der Waals surface area (Å²) in [5.41, 5.74) is -1.20. The summed E-state index contributed by atoms with van der Waals surface area (Å²) in [6.07, 6.45) is -0.822. The number of halogens is 1. The van der Waals surface area contributed by atoms with Gasteiger partial charge in [0.05, 0.1) is 0 Å². The molecule has 0 aliphatic carbocycles. The summed E-state index contributed by atoms with van der Waals surface area (Å²) in [4.78, 5) is 44.0. The SMILES string of the molecule is CC(C)(C)OC(=O)N(C(=O)OC(C)(C)C)c1nccc2ccc(CNC(=O)Cc3c(C#N)ccc(Cl)[n+]3[O-])cc12. The summed E-state index contributed by atoms with van der Waals surface area (Å²) in [5, 5.41) is 25.2. The number of nitrogens with one attached hydrogen (secondary N) is 1.